The Bertz CT molecular complexity index is 515. The summed E-state index contributed by atoms with van der Waals surface area (Å²) in [5.74, 6) is -0.682. The van der Waals surface area contributed by atoms with E-state index in [9.17, 15) is 9.59 Å². The average Bonchev–Trinajstić information content (AvgIpc) is 2.27. The highest BCUT2D eigenvalue weighted by Gasteiger charge is 2.24. The first kappa shape index (κ1) is 11.1. The number of aryl methyl sites for hydroxylation is 1. The Labute approximate surface area is 98.6 Å². The van der Waals surface area contributed by atoms with Crippen LogP contribution in [0.1, 0.15) is 11.1 Å². The number of carbonyl (C=O) groups excluding carboxylic acids is 2. The molecule has 0 aliphatic carbocycles. The molecule has 0 aromatic heterocycles. The van der Waals surface area contributed by atoms with Crippen molar-refractivity contribution in [2.24, 2.45) is 0 Å². The predicted molar refractivity (Wildman–Crippen MR) is 61.3 cm³/mol. The van der Waals surface area contributed by atoms with Crippen LogP contribution in [0.3, 0.4) is 0 Å². The number of rotatable bonds is 1. The van der Waals surface area contributed by atoms with Crippen molar-refractivity contribution in [2.45, 2.75) is 6.92 Å². The van der Waals surface area contributed by atoms with Gasteiger partial charge in [-0.1, -0.05) is 6.07 Å². The third-order valence-electron chi connectivity index (χ3n) is 2.56. The molecule has 2 rings (SSSR count). The number of nitrogens with zero attached hydrogens (tertiary/aromatic N) is 2. The lowest BCUT2D eigenvalue weighted by Gasteiger charge is -2.28. The van der Waals surface area contributed by atoms with Crippen molar-refractivity contribution in [3.63, 3.8) is 0 Å². The molecule has 1 saturated heterocycles. The Morgan fingerprint density at radius 1 is 1.29 bits per heavy atom. The molecule has 1 fully saturated rings. The molecule has 1 N–H and O–H groups in total. The van der Waals surface area contributed by atoms with E-state index < -0.39 is 0 Å². The van der Waals surface area contributed by atoms with Crippen molar-refractivity contribution in [3.05, 3.63) is 29.3 Å². The number of nitriles is 1. The van der Waals surface area contributed by atoms with Gasteiger partial charge in [-0.15, -0.1) is 0 Å². The molecular formula is C12H11N3O2. The molecule has 5 heteroatoms. The number of amides is 2. The third-order valence-corrected chi connectivity index (χ3v) is 2.56. The van der Waals surface area contributed by atoms with Crippen LogP contribution in [0.4, 0.5) is 5.69 Å². The Morgan fingerprint density at radius 2 is 1.94 bits per heavy atom. The molecular weight excluding hydrogens is 218 g/mol. The van der Waals surface area contributed by atoms with Crippen LogP contribution in [0, 0.1) is 18.3 Å². The van der Waals surface area contributed by atoms with Gasteiger partial charge in [-0.2, -0.15) is 5.26 Å². The van der Waals surface area contributed by atoms with E-state index in [1.54, 1.807) is 11.0 Å². The van der Waals surface area contributed by atoms with E-state index in [0.717, 1.165) is 5.56 Å². The Balaban J connectivity index is 2.39. The topological polar surface area (TPSA) is 73.2 Å². The molecule has 0 bridgehead atoms. The summed E-state index contributed by atoms with van der Waals surface area (Å²) in [6, 6.07) is 7.40. The summed E-state index contributed by atoms with van der Waals surface area (Å²) in [6.07, 6.45) is 0. The second kappa shape index (κ2) is 4.26. The van der Waals surface area contributed by atoms with Crippen LogP contribution in [-0.4, -0.2) is 24.9 Å². The molecule has 1 aromatic carbocycles. The predicted octanol–water partition coefficient (Wildman–Crippen LogP) is 0.329. The van der Waals surface area contributed by atoms with E-state index in [0.29, 0.717) is 11.3 Å². The SMILES string of the molecule is Cc1ccc(C#N)c(N2CC(=O)NC(=O)C2)c1. The largest absolute Gasteiger partial charge is 0.352 e. The monoisotopic (exact) mass is 229 g/mol. The van der Waals surface area contributed by atoms with Crippen molar-refractivity contribution in [2.75, 3.05) is 18.0 Å². The zero-order valence-electron chi connectivity index (χ0n) is 9.36. The fourth-order valence-electron chi connectivity index (χ4n) is 1.81. The molecule has 5 nitrogen and oxygen atoms in total. The highest BCUT2D eigenvalue weighted by atomic mass is 16.2. The Kier molecular flexibility index (Phi) is 2.79. The maximum atomic E-state index is 11.3. The van der Waals surface area contributed by atoms with Crippen LogP contribution >= 0.6 is 0 Å². The maximum Gasteiger partial charge on any atom is 0.246 e. The maximum absolute atomic E-state index is 11.3. The Morgan fingerprint density at radius 3 is 2.53 bits per heavy atom. The van der Waals surface area contributed by atoms with Gasteiger partial charge in [0.15, 0.2) is 0 Å². The van der Waals surface area contributed by atoms with Gasteiger partial charge in [0.05, 0.1) is 24.3 Å². The van der Waals surface area contributed by atoms with E-state index >= 15 is 0 Å². The van der Waals surface area contributed by atoms with Crippen molar-refractivity contribution in [1.29, 1.82) is 5.26 Å². The molecule has 0 unspecified atom stereocenters. The first-order chi connectivity index (χ1) is 8.10. The number of benzene rings is 1. The van der Waals surface area contributed by atoms with Gasteiger partial charge < -0.3 is 4.90 Å². The zero-order valence-corrected chi connectivity index (χ0v) is 9.36. The van der Waals surface area contributed by atoms with Crippen LogP contribution < -0.4 is 10.2 Å². The quantitative estimate of drug-likeness (QED) is 0.704. The van der Waals surface area contributed by atoms with E-state index in [2.05, 4.69) is 11.4 Å². The molecule has 86 valence electrons. The second-order valence-electron chi connectivity index (χ2n) is 3.96. The van der Waals surface area contributed by atoms with Crippen molar-refractivity contribution in [3.8, 4) is 6.07 Å². The van der Waals surface area contributed by atoms with Crippen LogP contribution in [-0.2, 0) is 9.59 Å². The summed E-state index contributed by atoms with van der Waals surface area (Å²) in [5, 5.41) is 11.2. The lowest BCUT2D eigenvalue weighted by atomic mass is 10.1. The number of imide groups is 1. The smallest absolute Gasteiger partial charge is 0.246 e. The van der Waals surface area contributed by atoms with E-state index in [4.69, 9.17) is 5.26 Å². The van der Waals surface area contributed by atoms with Gasteiger partial charge in [0.1, 0.15) is 6.07 Å². The van der Waals surface area contributed by atoms with Crippen molar-refractivity contribution < 1.29 is 9.59 Å². The van der Waals surface area contributed by atoms with Crippen molar-refractivity contribution in [1.82, 2.24) is 5.32 Å². The minimum atomic E-state index is -0.341. The summed E-state index contributed by atoms with van der Waals surface area (Å²) >= 11 is 0. The van der Waals surface area contributed by atoms with Crippen LogP contribution in [0.25, 0.3) is 0 Å². The molecule has 0 spiro atoms. The highest BCUT2D eigenvalue weighted by Crippen LogP contribution is 2.22. The summed E-state index contributed by atoms with van der Waals surface area (Å²) in [5.41, 5.74) is 2.09. The molecule has 0 saturated carbocycles. The summed E-state index contributed by atoms with van der Waals surface area (Å²) < 4.78 is 0. The fourth-order valence-corrected chi connectivity index (χ4v) is 1.81. The molecule has 1 aromatic rings. The van der Waals surface area contributed by atoms with Crippen LogP contribution in [0.5, 0.6) is 0 Å². The normalized spacial score (nSPS) is 15.4. The molecule has 1 aliphatic heterocycles. The lowest BCUT2D eigenvalue weighted by molar-refractivity contribution is -0.130. The number of nitrogens with one attached hydrogen (secondary N) is 1. The summed E-state index contributed by atoms with van der Waals surface area (Å²) in [7, 11) is 0. The lowest BCUT2D eigenvalue weighted by Crippen LogP contribution is -2.51. The van der Waals surface area contributed by atoms with Gasteiger partial charge in [0.25, 0.3) is 0 Å². The number of piperazine rings is 1. The summed E-state index contributed by atoms with van der Waals surface area (Å²) in [6.45, 7) is 2.10. The van der Waals surface area contributed by atoms with E-state index in [-0.39, 0.29) is 24.9 Å². The van der Waals surface area contributed by atoms with Gasteiger partial charge in [0, 0.05) is 0 Å². The van der Waals surface area contributed by atoms with Gasteiger partial charge in [-0.3, -0.25) is 14.9 Å². The minimum Gasteiger partial charge on any atom is -0.352 e. The molecule has 0 atom stereocenters. The number of hydrogen-bond donors (Lipinski definition) is 1. The molecule has 17 heavy (non-hydrogen) atoms. The molecule has 1 aliphatic rings. The van der Waals surface area contributed by atoms with Gasteiger partial charge in [-0.05, 0) is 24.6 Å². The first-order valence-electron chi connectivity index (χ1n) is 5.18. The number of anilines is 1. The van der Waals surface area contributed by atoms with Gasteiger partial charge in [0.2, 0.25) is 11.8 Å². The van der Waals surface area contributed by atoms with Crippen LogP contribution in [0.2, 0.25) is 0 Å². The van der Waals surface area contributed by atoms with E-state index in [1.165, 1.54) is 0 Å². The van der Waals surface area contributed by atoms with Gasteiger partial charge >= 0.3 is 0 Å². The molecule has 0 radical (unpaired) electrons. The second-order valence-corrected chi connectivity index (χ2v) is 3.96. The van der Waals surface area contributed by atoms with E-state index in [1.807, 2.05) is 19.1 Å². The minimum absolute atomic E-state index is 0.101. The Hall–Kier alpha value is -2.35. The number of hydrogen-bond acceptors (Lipinski definition) is 4. The summed E-state index contributed by atoms with van der Waals surface area (Å²) in [4.78, 5) is 24.2. The zero-order chi connectivity index (χ0) is 12.4. The van der Waals surface area contributed by atoms with Crippen molar-refractivity contribution >= 4 is 17.5 Å². The average molecular weight is 229 g/mol. The standard InChI is InChI=1S/C12H11N3O2/c1-8-2-3-9(5-13)10(4-8)15-6-11(16)14-12(17)7-15/h2-4H,6-7H2,1H3,(H,14,16,17). The third kappa shape index (κ3) is 2.26. The first-order valence-corrected chi connectivity index (χ1v) is 5.18. The molecule has 1 heterocycles. The van der Waals surface area contributed by atoms with Crippen LogP contribution in [0.15, 0.2) is 18.2 Å². The number of carbonyl (C=O) groups is 2. The van der Waals surface area contributed by atoms with Gasteiger partial charge in [-0.25, -0.2) is 0 Å². The molecule has 2 amide bonds. The fraction of sp³-hybridized carbons (Fsp3) is 0.250. The highest BCUT2D eigenvalue weighted by molar-refractivity contribution is 6.02.